The van der Waals surface area contributed by atoms with Gasteiger partial charge in [0.1, 0.15) is 5.41 Å². The first-order valence-corrected chi connectivity index (χ1v) is 6.16. The van der Waals surface area contributed by atoms with Crippen molar-refractivity contribution in [3.8, 4) is 0 Å². The molecule has 88 valence electrons. The van der Waals surface area contributed by atoms with Crippen molar-refractivity contribution in [2.24, 2.45) is 11.3 Å². The molecule has 1 unspecified atom stereocenters. The van der Waals surface area contributed by atoms with Gasteiger partial charge in [0.25, 0.3) is 5.92 Å². The molecule has 15 heavy (non-hydrogen) atoms. The normalized spacial score (nSPS) is 30.5. The summed E-state index contributed by atoms with van der Waals surface area (Å²) in [7, 11) is 0. The summed E-state index contributed by atoms with van der Waals surface area (Å²) < 4.78 is 27.5. The van der Waals surface area contributed by atoms with E-state index in [1.807, 2.05) is 0 Å². The highest BCUT2D eigenvalue weighted by Gasteiger charge is 2.60. The van der Waals surface area contributed by atoms with Gasteiger partial charge in [0, 0.05) is 12.2 Å². The van der Waals surface area contributed by atoms with Crippen molar-refractivity contribution in [3.05, 3.63) is 0 Å². The van der Waals surface area contributed by atoms with Crippen LogP contribution in [-0.2, 0) is 4.79 Å². The fourth-order valence-corrected chi connectivity index (χ4v) is 3.35. The van der Waals surface area contributed by atoms with Gasteiger partial charge in [-0.2, -0.15) is 11.8 Å². The minimum atomic E-state index is -3.08. The molecule has 1 saturated heterocycles. The molecule has 1 atom stereocenters. The first kappa shape index (κ1) is 12.7. The van der Waals surface area contributed by atoms with Crippen molar-refractivity contribution in [2.45, 2.75) is 32.6 Å². The fraction of sp³-hybridized carbons (Fsp3) is 0.900. The summed E-state index contributed by atoms with van der Waals surface area (Å²) in [6, 6.07) is 0. The second-order valence-corrected chi connectivity index (χ2v) is 5.60. The maximum atomic E-state index is 13.7. The molecule has 1 heterocycles. The van der Waals surface area contributed by atoms with Crippen LogP contribution in [0.15, 0.2) is 0 Å². The average molecular weight is 238 g/mol. The van der Waals surface area contributed by atoms with E-state index in [4.69, 9.17) is 5.11 Å². The van der Waals surface area contributed by atoms with Crippen LogP contribution in [0.1, 0.15) is 26.7 Å². The van der Waals surface area contributed by atoms with Gasteiger partial charge in [-0.15, -0.1) is 0 Å². The third-order valence-corrected chi connectivity index (χ3v) is 3.96. The fourth-order valence-electron chi connectivity index (χ4n) is 2.00. The second kappa shape index (κ2) is 4.28. The van der Waals surface area contributed by atoms with E-state index in [1.165, 1.54) is 11.8 Å². The van der Waals surface area contributed by atoms with Crippen LogP contribution in [0.2, 0.25) is 0 Å². The van der Waals surface area contributed by atoms with Crippen LogP contribution in [-0.4, -0.2) is 28.5 Å². The molecule has 1 aliphatic heterocycles. The van der Waals surface area contributed by atoms with Crippen LogP contribution in [0.25, 0.3) is 0 Å². The number of thioether (sulfide) groups is 1. The van der Waals surface area contributed by atoms with Crippen LogP contribution in [0.4, 0.5) is 8.78 Å². The lowest BCUT2D eigenvalue weighted by Gasteiger charge is -2.41. The lowest BCUT2D eigenvalue weighted by molar-refractivity contribution is -0.179. The SMILES string of the molecule is CC(C)CC1(C(=O)O)CSCCC1(F)F. The second-order valence-electron chi connectivity index (χ2n) is 4.49. The smallest absolute Gasteiger partial charge is 0.316 e. The van der Waals surface area contributed by atoms with Gasteiger partial charge in [0.2, 0.25) is 0 Å². The number of hydrogen-bond donors (Lipinski definition) is 1. The number of hydrogen-bond acceptors (Lipinski definition) is 2. The quantitative estimate of drug-likeness (QED) is 0.821. The molecule has 0 saturated carbocycles. The van der Waals surface area contributed by atoms with Crippen molar-refractivity contribution >= 4 is 17.7 Å². The summed E-state index contributed by atoms with van der Waals surface area (Å²) in [6.07, 6.45) is -0.279. The van der Waals surface area contributed by atoms with Gasteiger partial charge in [-0.1, -0.05) is 13.8 Å². The lowest BCUT2D eigenvalue weighted by Crippen LogP contribution is -2.53. The van der Waals surface area contributed by atoms with E-state index in [0.29, 0.717) is 5.75 Å². The van der Waals surface area contributed by atoms with E-state index in [0.717, 1.165) is 0 Å². The average Bonchev–Trinajstić information content (AvgIpc) is 2.07. The van der Waals surface area contributed by atoms with Crippen molar-refractivity contribution in [1.29, 1.82) is 0 Å². The predicted molar refractivity (Wildman–Crippen MR) is 56.4 cm³/mol. The molecule has 1 fully saturated rings. The molecule has 0 radical (unpaired) electrons. The number of halogens is 2. The monoisotopic (exact) mass is 238 g/mol. The lowest BCUT2D eigenvalue weighted by atomic mass is 9.75. The number of carbonyl (C=O) groups is 1. The Hall–Kier alpha value is -0.320. The van der Waals surface area contributed by atoms with E-state index in [2.05, 4.69) is 0 Å². The maximum absolute atomic E-state index is 13.7. The van der Waals surface area contributed by atoms with Crippen LogP contribution in [0.3, 0.4) is 0 Å². The van der Waals surface area contributed by atoms with Gasteiger partial charge >= 0.3 is 5.97 Å². The molecule has 0 aromatic heterocycles. The molecular weight excluding hydrogens is 222 g/mol. The molecule has 1 rings (SSSR count). The Kier molecular flexibility index (Phi) is 3.63. The van der Waals surface area contributed by atoms with E-state index in [1.54, 1.807) is 13.8 Å². The van der Waals surface area contributed by atoms with Crippen molar-refractivity contribution in [3.63, 3.8) is 0 Å². The topological polar surface area (TPSA) is 37.3 Å². The number of alkyl halides is 2. The Morgan fingerprint density at radius 2 is 2.13 bits per heavy atom. The first-order valence-electron chi connectivity index (χ1n) is 5.01. The molecule has 1 aliphatic rings. The molecule has 0 amide bonds. The zero-order chi connectivity index (χ0) is 11.7. The van der Waals surface area contributed by atoms with Crippen molar-refractivity contribution < 1.29 is 18.7 Å². The van der Waals surface area contributed by atoms with Crippen LogP contribution < -0.4 is 0 Å². The summed E-state index contributed by atoms with van der Waals surface area (Å²) >= 11 is 1.31. The van der Waals surface area contributed by atoms with Gasteiger partial charge in [-0.05, 0) is 18.1 Å². The Morgan fingerprint density at radius 1 is 1.53 bits per heavy atom. The van der Waals surface area contributed by atoms with Crippen molar-refractivity contribution in [1.82, 2.24) is 0 Å². The van der Waals surface area contributed by atoms with Gasteiger partial charge in [0.05, 0.1) is 0 Å². The molecular formula is C10H16F2O2S. The third kappa shape index (κ3) is 2.27. The van der Waals surface area contributed by atoms with Gasteiger partial charge in [-0.25, -0.2) is 8.78 Å². The van der Waals surface area contributed by atoms with E-state index in [9.17, 15) is 13.6 Å². The predicted octanol–water partition coefficient (Wildman–Crippen LogP) is 2.88. The summed E-state index contributed by atoms with van der Waals surface area (Å²) in [6.45, 7) is 3.56. The molecule has 0 aromatic carbocycles. The summed E-state index contributed by atoms with van der Waals surface area (Å²) in [5, 5.41) is 9.08. The standard InChI is InChI=1S/C10H16F2O2S/c1-7(2)5-9(8(13)14)6-15-4-3-10(9,11)12/h7H,3-6H2,1-2H3,(H,13,14). The zero-order valence-electron chi connectivity index (χ0n) is 8.93. The molecule has 2 nitrogen and oxygen atoms in total. The van der Waals surface area contributed by atoms with Crippen LogP contribution in [0, 0.1) is 11.3 Å². The molecule has 0 spiro atoms. The maximum Gasteiger partial charge on any atom is 0.316 e. The highest BCUT2D eigenvalue weighted by molar-refractivity contribution is 7.99. The Morgan fingerprint density at radius 3 is 2.53 bits per heavy atom. The molecule has 5 heteroatoms. The Balaban J connectivity index is 3.01. The molecule has 0 aliphatic carbocycles. The Bertz CT molecular complexity index is 256. The summed E-state index contributed by atoms with van der Waals surface area (Å²) in [4.78, 5) is 11.1. The van der Waals surface area contributed by atoms with E-state index >= 15 is 0 Å². The zero-order valence-corrected chi connectivity index (χ0v) is 9.74. The number of carboxylic acid groups (broad SMARTS) is 1. The van der Waals surface area contributed by atoms with E-state index < -0.39 is 17.3 Å². The van der Waals surface area contributed by atoms with Gasteiger partial charge in [0.15, 0.2) is 0 Å². The summed E-state index contributed by atoms with van der Waals surface area (Å²) in [5.74, 6) is -4.10. The van der Waals surface area contributed by atoms with Crippen LogP contribution >= 0.6 is 11.8 Å². The highest BCUT2D eigenvalue weighted by Crippen LogP contribution is 2.50. The Labute approximate surface area is 92.4 Å². The van der Waals surface area contributed by atoms with Gasteiger partial charge in [-0.3, -0.25) is 4.79 Å². The molecule has 0 aromatic rings. The van der Waals surface area contributed by atoms with Crippen molar-refractivity contribution in [2.75, 3.05) is 11.5 Å². The first-order chi connectivity index (χ1) is 6.82. The highest BCUT2D eigenvalue weighted by atomic mass is 32.2. The number of carboxylic acids is 1. The molecule has 0 bridgehead atoms. The molecule has 1 N–H and O–H groups in total. The number of rotatable bonds is 3. The largest absolute Gasteiger partial charge is 0.481 e. The minimum absolute atomic E-state index is 0.0213. The minimum Gasteiger partial charge on any atom is -0.481 e. The van der Waals surface area contributed by atoms with E-state index in [-0.39, 0.29) is 24.5 Å². The van der Waals surface area contributed by atoms with Crippen LogP contribution in [0.5, 0.6) is 0 Å². The van der Waals surface area contributed by atoms with Gasteiger partial charge < -0.3 is 5.11 Å². The number of aliphatic carboxylic acids is 1. The summed E-state index contributed by atoms with van der Waals surface area (Å²) in [5.41, 5.74) is -1.86. The third-order valence-electron chi connectivity index (χ3n) is 2.78.